The Morgan fingerprint density at radius 1 is 1.47 bits per heavy atom. The highest BCUT2D eigenvalue weighted by molar-refractivity contribution is 7.89. The van der Waals surface area contributed by atoms with E-state index in [1.54, 1.807) is 0 Å². The van der Waals surface area contributed by atoms with Crippen LogP contribution in [0.2, 0.25) is 0 Å². The van der Waals surface area contributed by atoms with E-state index in [0.717, 1.165) is 25.9 Å². The fourth-order valence-corrected chi connectivity index (χ4v) is 2.52. The Morgan fingerprint density at radius 3 is 2.82 bits per heavy atom. The van der Waals surface area contributed by atoms with Gasteiger partial charge in [0, 0.05) is 13.2 Å². The Hall–Kier alpha value is -0.170. The summed E-state index contributed by atoms with van der Waals surface area (Å²) < 4.78 is 32.5. The van der Waals surface area contributed by atoms with Crippen molar-refractivity contribution in [1.29, 1.82) is 0 Å². The van der Waals surface area contributed by atoms with E-state index in [2.05, 4.69) is 0 Å². The maximum absolute atomic E-state index is 10.8. The van der Waals surface area contributed by atoms with Crippen molar-refractivity contribution in [3.8, 4) is 0 Å². The zero-order valence-corrected chi connectivity index (χ0v) is 11.2. The van der Waals surface area contributed by atoms with Gasteiger partial charge in [-0.25, -0.2) is 13.6 Å². The molecule has 0 aliphatic carbocycles. The fraction of sp³-hybridized carbons (Fsp3) is 1.00. The molecule has 1 saturated heterocycles. The van der Waals surface area contributed by atoms with E-state index in [9.17, 15) is 8.42 Å². The average Bonchev–Trinajstić information content (AvgIpc) is 2.73. The highest BCUT2D eigenvalue weighted by Gasteiger charge is 2.15. The van der Waals surface area contributed by atoms with Crippen LogP contribution in [0.25, 0.3) is 0 Å². The Morgan fingerprint density at radius 2 is 2.24 bits per heavy atom. The standard InChI is InChI=1S/C11H23NO4S/c1-10(5-8-17(12,13)14)4-7-15-9-11-3-2-6-16-11/h10-11H,2-9H2,1H3,(H2,12,13,14). The van der Waals surface area contributed by atoms with Gasteiger partial charge >= 0.3 is 0 Å². The Balaban J connectivity index is 1.98. The molecule has 2 unspecified atom stereocenters. The third-order valence-corrected chi connectivity index (χ3v) is 3.78. The van der Waals surface area contributed by atoms with Crippen LogP contribution in [0.4, 0.5) is 0 Å². The molecular formula is C11H23NO4S. The van der Waals surface area contributed by atoms with Crippen molar-refractivity contribution >= 4 is 10.0 Å². The number of nitrogens with two attached hydrogens (primary N) is 1. The van der Waals surface area contributed by atoms with Crippen LogP contribution in [0.15, 0.2) is 0 Å². The molecule has 2 N–H and O–H groups in total. The fourth-order valence-electron chi connectivity index (χ4n) is 1.78. The van der Waals surface area contributed by atoms with Crippen molar-refractivity contribution in [2.45, 2.75) is 38.7 Å². The van der Waals surface area contributed by atoms with Gasteiger partial charge in [0.15, 0.2) is 0 Å². The summed E-state index contributed by atoms with van der Waals surface area (Å²) in [7, 11) is -3.32. The van der Waals surface area contributed by atoms with Gasteiger partial charge in [-0.15, -0.1) is 0 Å². The van der Waals surface area contributed by atoms with Crippen molar-refractivity contribution < 1.29 is 17.9 Å². The molecule has 0 spiro atoms. The van der Waals surface area contributed by atoms with Crippen LogP contribution >= 0.6 is 0 Å². The van der Waals surface area contributed by atoms with Crippen molar-refractivity contribution in [2.24, 2.45) is 11.1 Å². The first-order valence-electron chi connectivity index (χ1n) is 6.17. The maximum Gasteiger partial charge on any atom is 0.209 e. The number of sulfonamides is 1. The van der Waals surface area contributed by atoms with Gasteiger partial charge in [-0.05, 0) is 31.6 Å². The summed E-state index contributed by atoms with van der Waals surface area (Å²) in [5.41, 5.74) is 0. The quantitative estimate of drug-likeness (QED) is 0.661. The molecule has 0 aromatic rings. The minimum Gasteiger partial charge on any atom is -0.379 e. The predicted octanol–water partition coefficient (Wildman–Crippen LogP) is 0.887. The van der Waals surface area contributed by atoms with Crippen LogP contribution in [-0.2, 0) is 19.5 Å². The van der Waals surface area contributed by atoms with Crippen LogP contribution in [-0.4, -0.2) is 40.1 Å². The maximum atomic E-state index is 10.8. The third-order valence-electron chi connectivity index (χ3n) is 2.98. The third kappa shape index (κ3) is 7.70. The molecule has 1 heterocycles. The van der Waals surface area contributed by atoms with E-state index >= 15 is 0 Å². The minimum atomic E-state index is -3.32. The Labute approximate surface area is 104 Å². The van der Waals surface area contributed by atoms with Crippen LogP contribution in [0.1, 0.15) is 32.6 Å². The summed E-state index contributed by atoms with van der Waals surface area (Å²) in [5.74, 6) is 0.373. The molecule has 17 heavy (non-hydrogen) atoms. The lowest BCUT2D eigenvalue weighted by atomic mass is 10.1. The lowest BCUT2D eigenvalue weighted by Gasteiger charge is -2.13. The van der Waals surface area contributed by atoms with E-state index in [-0.39, 0.29) is 11.9 Å². The first-order valence-corrected chi connectivity index (χ1v) is 7.89. The van der Waals surface area contributed by atoms with E-state index in [1.807, 2.05) is 6.92 Å². The molecule has 0 aromatic heterocycles. The zero-order chi connectivity index (χ0) is 12.7. The van der Waals surface area contributed by atoms with Gasteiger partial charge in [-0.2, -0.15) is 0 Å². The Kier molecular flexibility index (Phi) is 6.40. The summed E-state index contributed by atoms with van der Waals surface area (Å²) in [5, 5.41) is 4.95. The number of hydrogen-bond acceptors (Lipinski definition) is 4. The molecule has 2 atom stereocenters. The predicted molar refractivity (Wildman–Crippen MR) is 66.2 cm³/mol. The van der Waals surface area contributed by atoms with Gasteiger partial charge in [-0.1, -0.05) is 6.92 Å². The van der Waals surface area contributed by atoms with Crippen LogP contribution < -0.4 is 5.14 Å². The highest BCUT2D eigenvalue weighted by atomic mass is 32.2. The van der Waals surface area contributed by atoms with E-state index < -0.39 is 10.0 Å². The van der Waals surface area contributed by atoms with Crippen LogP contribution in [0.5, 0.6) is 0 Å². The van der Waals surface area contributed by atoms with Crippen molar-refractivity contribution in [3.63, 3.8) is 0 Å². The number of hydrogen-bond donors (Lipinski definition) is 1. The second kappa shape index (κ2) is 7.31. The average molecular weight is 265 g/mol. The summed E-state index contributed by atoms with van der Waals surface area (Å²) in [6.45, 7) is 4.17. The van der Waals surface area contributed by atoms with Gasteiger partial charge in [0.05, 0.1) is 18.5 Å². The Bertz CT molecular complexity index is 299. The minimum absolute atomic E-state index is 0.0555. The molecular weight excluding hydrogens is 242 g/mol. The second-order valence-corrected chi connectivity index (χ2v) is 6.49. The van der Waals surface area contributed by atoms with E-state index in [4.69, 9.17) is 14.6 Å². The molecule has 1 rings (SSSR count). The largest absolute Gasteiger partial charge is 0.379 e. The molecule has 1 aliphatic heterocycles. The number of primary sulfonamides is 1. The molecule has 6 heteroatoms. The summed E-state index contributed by atoms with van der Waals surface area (Å²) >= 11 is 0. The monoisotopic (exact) mass is 265 g/mol. The molecule has 0 amide bonds. The number of rotatable bonds is 8. The van der Waals surface area contributed by atoms with Gasteiger partial charge in [-0.3, -0.25) is 0 Å². The lowest BCUT2D eigenvalue weighted by Crippen LogP contribution is -2.19. The molecule has 0 saturated carbocycles. The smallest absolute Gasteiger partial charge is 0.209 e. The van der Waals surface area contributed by atoms with Crippen molar-refractivity contribution in [2.75, 3.05) is 25.6 Å². The first kappa shape index (κ1) is 14.9. The van der Waals surface area contributed by atoms with Gasteiger partial charge in [0.25, 0.3) is 0 Å². The summed E-state index contributed by atoms with van der Waals surface area (Å²) in [6, 6.07) is 0. The summed E-state index contributed by atoms with van der Waals surface area (Å²) in [6.07, 6.45) is 3.93. The van der Waals surface area contributed by atoms with Gasteiger partial charge in [0.1, 0.15) is 0 Å². The van der Waals surface area contributed by atoms with Gasteiger partial charge in [0.2, 0.25) is 10.0 Å². The lowest BCUT2D eigenvalue weighted by molar-refractivity contribution is 0.0137. The van der Waals surface area contributed by atoms with Crippen molar-refractivity contribution in [1.82, 2.24) is 0 Å². The molecule has 0 radical (unpaired) electrons. The van der Waals surface area contributed by atoms with Gasteiger partial charge < -0.3 is 9.47 Å². The molecule has 1 aliphatic rings. The van der Waals surface area contributed by atoms with E-state index in [0.29, 0.717) is 25.6 Å². The molecule has 0 bridgehead atoms. The molecule has 0 aromatic carbocycles. The van der Waals surface area contributed by atoms with E-state index in [1.165, 1.54) is 0 Å². The molecule has 1 fully saturated rings. The topological polar surface area (TPSA) is 78.6 Å². The zero-order valence-electron chi connectivity index (χ0n) is 10.4. The SMILES string of the molecule is CC(CCOCC1CCCO1)CCS(N)(=O)=O. The normalized spacial score (nSPS) is 22.8. The molecule has 5 nitrogen and oxygen atoms in total. The van der Waals surface area contributed by atoms with Crippen molar-refractivity contribution in [3.05, 3.63) is 0 Å². The van der Waals surface area contributed by atoms with Crippen LogP contribution in [0, 0.1) is 5.92 Å². The van der Waals surface area contributed by atoms with Crippen LogP contribution in [0.3, 0.4) is 0 Å². The highest BCUT2D eigenvalue weighted by Crippen LogP contribution is 2.13. The molecule has 102 valence electrons. The summed E-state index contributed by atoms with van der Waals surface area (Å²) in [4.78, 5) is 0. The first-order chi connectivity index (χ1) is 7.97. The number of ether oxygens (including phenoxy) is 2. The second-order valence-electron chi connectivity index (χ2n) is 4.76.